The van der Waals surface area contributed by atoms with Crippen molar-refractivity contribution in [1.82, 2.24) is 10.2 Å². The molecule has 2 N–H and O–H groups in total. The maximum atomic E-state index is 4.41. The molecule has 0 amide bonds. The second-order valence-corrected chi connectivity index (χ2v) is 17.1. The van der Waals surface area contributed by atoms with E-state index in [0.717, 1.165) is 58.8 Å². The van der Waals surface area contributed by atoms with Crippen molar-refractivity contribution in [1.29, 1.82) is 0 Å². The molecule has 2 aliphatic carbocycles. The number of anilines is 1. The lowest BCUT2D eigenvalue weighted by molar-refractivity contribution is 0.505. The highest BCUT2D eigenvalue weighted by Gasteiger charge is 2.14. The number of benzene rings is 2. The molecule has 1 atom stereocenters. The van der Waals surface area contributed by atoms with E-state index < -0.39 is 0 Å². The van der Waals surface area contributed by atoms with Crippen molar-refractivity contribution in [3.63, 3.8) is 0 Å². The minimum atomic E-state index is 0.378. The van der Waals surface area contributed by atoms with E-state index in [0.29, 0.717) is 12.5 Å². The molecule has 0 bridgehead atoms. The van der Waals surface area contributed by atoms with Gasteiger partial charge in [-0.3, -0.25) is 0 Å². The summed E-state index contributed by atoms with van der Waals surface area (Å²) in [7, 11) is 1.92. The van der Waals surface area contributed by atoms with Crippen LogP contribution >= 0.6 is 0 Å². The summed E-state index contributed by atoms with van der Waals surface area (Å²) in [5.41, 5.74) is 12.2. The van der Waals surface area contributed by atoms with Crippen LogP contribution in [0.1, 0.15) is 85.8 Å². The van der Waals surface area contributed by atoms with Crippen LogP contribution in [-0.4, -0.2) is 18.5 Å². The predicted octanol–water partition coefficient (Wildman–Crippen LogP) is 20.8. The molecule has 2 aromatic rings. The van der Waals surface area contributed by atoms with Gasteiger partial charge in [-0.25, -0.2) is 0 Å². The van der Waals surface area contributed by atoms with Gasteiger partial charge in [0.15, 0.2) is 0 Å². The molecule has 0 saturated carbocycles. The quantitative estimate of drug-likeness (QED) is 0.0971. The summed E-state index contributed by atoms with van der Waals surface area (Å²) in [6, 6.07) is 18.8. The lowest BCUT2D eigenvalue weighted by atomic mass is 10.0. The Hall–Kier alpha value is -8.40. The van der Waals surface area contributed by atoms with Gasteiger partial charge in [0.05, 0.1) is 0 Å². The van der Waals surface area contributed by atoms with E-state index in [9.17, 15) is 0 Å². The van der Waals surface area contributed by atoms with Crippen LogP contribution in [-0.2, 0) is 0 Å². The molecule has 0 aliphatic heterocycles. The molecule has 0 heterocycles. The van der Waals surface area contributed by atoms with Crippen molar-refractivity contribution in [3.8, 4) is 0 Å². The molecule has 402 valence electrons. The van der Waals surface area contributed by atoms with Gasteiger partial charge in [0.1, 0.15) is 0 Å². The van der Waals surface area contributed by atoms with Crippen molar-refractivity contribution < 1.29 is 0 Å². The summed E-state index contributed by atoms with van der Waals surface area (Å²) in [4.78, 5) is 2.20. The molecule has 0 fully saturated rings. The Morgan fingerprint density at radius 3 is 1.99 bits per heavy atom. The van der Waals surface area contributed by atoms with Crippen molar-refractivity contribution in [2.24, 2.45) is 5.92 Å². The van der Waals surface area contributed by atoms with Crippen LogP contribution in [0.25, 0.3) is 11.6 Å². The van der Waals surface area contributed by atoms with E-state index >= 15 is 0 Å². The smallest absolute Gasteiger partial charge is 0.0415 e. The number of nitrogens with one attached hydrogen (secondary N) is 2. The van der Waals surface area contributed by atoms with Gasteiger partial charge >= 0.3 is 0 Å². The maximum Gasteiger partial charge on any atom is 0.0415 e. The number of rotatable bonds is 25. The summed E-state index contributed by atoms with van der Waals surface area (Å²) in [6.45, 7) is 33.4. The van der Waals surface area contributed by atoms with Crippen LogP contribution in [0.2, 0.25) is 0 Å². The molecule has 77 heavy (non-hydrogen) atoms. The first-order valence-electron chi connectivity index (χ1n) is 27.0. The molecule has 0 radical (unpaired) electrons. The molecular formula is C74H91N3. The normalized spacial score (nSPS) is 15.7. The fourth-order valence-electron chi connectivity index (χ4n) is 7.02. The number of hydrogen-bond acceptors (Lipinski definition) is 3. The maximum absolute atomic E-state index is 4.41. The van der Waals surface area contributed by atoms with Gasteiger partial charge < -0.3 is 15.5 Å². The van der Waals surface area contributed by atoms with Crippen LogP contribution in [0.15, 0.2) is 333 Å². The lowest BCUT2D eigenvalue weighted by Gasteiger charge is -2.25. The zero-order valence-electron chi connectivity index (χ0n) is 48.2. The van der Waals surface area contributed by atoms with E-state index in [4.69, 9.17) is 0 Å². The van der Waals surface area contributed by atoms with Gasteiger partial charge in [0.25, 0.3) is 0 Å². The summed E-state index contributed by atoms with van der Waals surface area (Å²) in [5, 5.41) is 6.57. The summed E-state index contributed by atoms with van der Waals surface area (Å²) >= 11 is 0. The van der Waals surface area contributed by atoms with Crippen LogP contribution in [0.4, 0.5) is 5.69 Å². The zero-order valence-corrected chi connectivity index (χ0v) is 48.2. The minimum absolute atomic E-state index is 0.378. The lowest BCUT2D eigenvalue weighted by Crippen LogP contribution is -2.20. The Morgan fingerprint density at radius 2 is 1.36 bits per heavy atom. The van der Waals surface area contributed by atoms with E-state index in [1.807, 2.05) is 138 Å². The molecule has 3 heteroatoms. The van der Waals surface area contributed by atoms with E-state index in [2.05, 4.69) is 234 Å². The van der Waals surface area contributed by atoms with E-state index in [1.54, 1.807) is 6.08 Å². The van der Waals surface area contributed by atoms with Gasteiger partial charge in [0, 0.05) is 42.6 Å². The molecule has 1 unspecified atom stereocenters. The fourth-order valence-corrected chi connectivity index (χ4v) is 7.02. The average Bonchev–Trinajstić information content (AvgIpc) is 3.84. The standard InChI is InChI=1S/C49H57N3.C11H12.C7H12.C7H10/c1-9-13-28-48(21-10-2)52(41(7)22-19-25-42-23-15-14-16-24-42)36-20-27-43(11-3)44-30-33-47(34-31-44)51-35-18-17-26-45-37-39(5)38-49(45)40(6)29-32-46(12-4)50-8;1-2-3-5-8-11-9-6-4-7-10-11;2*1-3-5-7-6-4-2/h10-23,25-35,37-39,50-51H,2,6-7,9,24,36H2,1,3-5,8H3;2-10H,1H3;3,5-7H,4H2,1-2H3;3-7H,1H2,2H3/b22-19-,26-17-,27-20-,28-13-,32-29-,35-18+,42-25-,43-11+,46-12+,48-21+;3-2-,8-5-;5-3-,7-6-;6-4-,7-5-. The Balaban J connectivity index is 0.000000962. The van der Waals surface area contributed by atoms with Gasteiger partial charge in [-0.1, -0.05) is 272 Å². The molecule has 2 aromatic carbocycles. The van der Waals surface area contributed by atoms with Gasteiger partial charge in [-0.15, -0.1) is 0 Å². The summed E-state index contributed by atoms with van der Waals surface area (Å²) < 4.78 is 0. The highest BCUT2D eigenvalue weighted by molar-refractivity contribution is 5.75. The third kappa shape index (κ3) is 31.2. The Morgan fingerprint density at radius 1 is 0.662 bits per heavy atom. The Bertz CT molecular complexity index is 2700. The first-order chi connectivity index (χ1) is 37.6. The van der Waals surface area contributed by atoms with Gasteiger partial charge in [0.2, 0.25) is 0 Å². The molecular weight excluding hydrogens is 931 g/mol. The second kappa shape index (κ2) is 45.0. The van der Waals surface area contributed by atoms with Crippen molar-refractivity contribution in [3.05, 3.63) is 344 Å². The fraction of sp³-hybridized carbons (Fsp3) is 0.189. The molecule has 0 saturated heterocycles. The predicted molar refractivity (Wildman–Crippen MR) is 350 cm³/mol. The monoisotopic (exact) mass is 1020 g/mol. The zero-order chi connectivity index (χ0) is 56.6. The SMILES string of the molecule is C/C=C\C=C/CC.C/C=C\C=C/c1ccccc1.C=C/C=C(\C=C/CC)N(C/C=C\C(=C/C)c1ccc(N/C=C/C=C\C2=CC(C)C=C2C(=C)/C=C\C(=C/C)NC)cc1)C(=C)/C=C\C=C1\C=CC=CC1.C=C/C=C\C=C/C. The largest absolute Gasteiger partial charge is 0.388 e. The number of likely N-dealkylation sites (N-methyl/N-ethyl adjacent to an activating group) is 1. The molecule has 3 nitrogen and oxygen atoms in total. The molecule has 0 aromatic heterocycles. The Kier molecular flexibility index (Phi) is 39.0. The molecule has 2 aliphatic rings. The first kappa shape index (κ1) is 66.6. The van der Waals surface area contributed by atoms with Crippen LogP contribution in [0.5, 0.6) is 0 Å². The van der Waals surface area contributed by atoms with E-state index in [1.165, 1.54) is 22.3 Å². The van der Waals surface area contributed by atoms with Crippen LogP contribution in [0.3, 0.4) is 0 Å². The second-order valence-electron chi connectivity index (χ2n) is 17.1. The van der Waals surface area contributed by atoms with Crippen LogP contribution < -0.4 is 10.6 Å². The molecule has 0 spiro atoms. The summed E-state index contributed by atoms with van der Waals surface area (Å²) in [5.74, 6) is 0.378. The van der Waals surface area contributed by atoms with Crippen molar-refractivity contribution in [2.75, 3.05) is 18.9 Å². The average molecular weight is 1020 g/mol. The van der Waals surface area contributed by atoms with Gasteiger partial charge in [-0.2, -0.15) is 0 Å². The third-order valence-electron chi connectivity index (χ3n) is 11.0. The van der Waals surface area contributed by atoms with Crippen molar-refractivity contribution >= 4 is 17.3 Å². The van der Waals surface area contributed by atoms with E-state index in [-0.39, 0.29) is 0 Å². The van der Waals surface area contributed by atoms with Crippen LogP contribution in [0, 0.1) is 5.92 Å². The van der Waals surface area contributed by atoms with Crippen molar-refractivity contribution in [2.45, 2.75) is 74.7 Å². The molecule has 4 rings (SSSR count). The number of nitrogens with zero attached hydrogens (tertiary/aromatic N) is 1. The first-order valence-corrected chi connectivity index (χ1v) is 27.0. The minimum Gasteiger partial charge on any atom is -0.388 e. The summed E-state index contributed by atoms with van der Waals surface area (Å²) in [6.07, 6.45) is 77.2. The number of allylic oxidation sites excluding steroid dienone is 38. The highest BCUT2D eigenvalue weighted by Crippen LogP contribution is 2.30. The van der Waals surface area contributed by atoms with Gasteiger partial charge in [-0.05, 0) is 141 Å². The Labute approximate surface area is 468 Å². The topological polar surface area (TPSA) is 27.3 Å². The highest BCUT2D eigenvalue weighted by atomic mass is 15.1. The number of hydrogen-bond donors (Lipinski definition) is 2. The third-order valence-corrected chi connectivity index (χ3v) is 11.0.